The molecule has 0 fully saturated rings. The number of nitrogens with one attached hydrogen (secondary N) is 1. The Kier molecular flexibility index (Phi) is 10.8. The number of hydrogen-bond donors (Lipinski definition) is 1. The van der Waals surface area contributed by atoms with Crippen molar-refractivity contribution in [3.8, 4) is 11.5 Å². The van der Waals surface area contributed by atoms with Crippen LogP contribution in [-0.4, -0.2) is 57.5 Å². The third-order valence-electron chi connectivity index (χ3n) is 6.41. The monoisotopic (exact) mass is 581 g/mol. The molecule has 0 aliphatic carbocycles. The topological polar surface area (TPSA) is 105 Å². The van der Waals surface area contributed by atoms with Gasteiger partial charge in [0.25, 0.3) is 10.0 Å². The number of carbonyl (C=O) groups is 2. The summed E-state index contributed by atoms with van der Waals surface area (Å²) in [5.74, 6) is 0.0203. The van der Waals surface area contributed by atoms with Crippen LogP contribution in [0.1, 0.15) is 38.8 Å². The van der Waals surface area contributed by atoms with Gasteiger partial charge in [0.05, 0.1) is 24.3 Å². The minimum absolute atomic E-state index is 0.0344. The van der Waals surface area contributed by atoms with Gasteiger partial charge in [-0.2, -0.15) is 0 Å². The molecule has 3 rings (SSSR count). The summed E-state index contributed by atoms with van der Waals surface area (Å²) in [5, 5.41) is 2.85. The lowest BCUT2D eigenvalue weighted by Crippen LogP contribution is -2.52. The van der Waals surface area contributed by atoms with E-state index in [4.69, 9.17) is 9.47 Å². The van der Waals surface area contributed by atoms with Gasteiger partial charge in [0.1, 0.15) is 24.1 Å². The van der Waals surface area contributed by atoms with Crippen molar-refractivity contribution in [2.75, 3.05) is 24.6 Å². The molecule has 41 heavy (non-hydrogen) atoms. The molecule has 1 unspecified atom stereocenters. The molecule has 9 nitrogen and oxygen atoms in total. The number of para-hydroxylation sites is 2. The predicted octanol–water partition coefficient (Wildman–Crippen LogP) is 4.54. The average Bonchev–Trinajstić information content (AvgIpc) is 2.94. The van der Waals surface area contributed by atoms with Gasteiger partial charge in [-0.3, -0.25) is 13.9 Å². The maximum absolute atomic E-state index is 14.1. The number of aryl methyl sites for hydroxylation is 1. The van der Waals surface area contributed by atoms with Gasteiger partial charge >= 0.3 is 0 Å². The van der Waals surface area contributed by atoms with Gasteiger partial charge in [-0.05, 0) is 76.6 Å². The molecular formula is C31H39N3O6S. The van der Waals surface area contributed by atoms with Crippen LogP contribution in [0.15, 0.2) is 77.7 Å². The Morgan fingerprint density at radius 3 is 2.27 bits per heavy atom. The molecule has 3 aromatic rings. The van der Waals surface area contributed by atoms with Crippen LogP contribution in [-0.2, 0) is 26.2 Å². The van der Waals surface area contributed by atoms with Crippen molar-refractivity contribution < 1.29 is 27.5 Å². The molecule has 0 heterocycles. The van der Waals surface area contributed by atoms with Gasteiger partial charge in [-0.25, -0.2) is 8.42 Å². The van der Waals surface area contributed by atoms with E-state index in [9.17, 15) is 18.0 Å². The summed E-state index contributed by atoms with van der Waals surface area (Å²) < 4.78 is 40.2. The van der Waals surface area contributed by atoms with Crippen LogP contribution < -0.4 is 19.1 Å². The van der Waals surface area contributed by atoms with E-state index < -0.39 is 28.5 Å². The van der Waals surface area contributed by atoms with Crippen LogP contribution in [0, 0.1) is 6.92 Å². The normalized spacial score (nSPS) is 12.0. The van der Waals surface area contributed by atoms with Gasteiger partial charge in [-0.15, -0.1) is 0 Å². The fourth-order valence-electron chi connectivity index (χ4n) is 4.25. The molecule has 0 spiro atoms. The minimum Gasteiger partial charge on any atom is -0.497 e. The van der Waals surface area contributed by atoms with Crippen molar-refractivity contribution in [3.05, 3.63) is 83.9 Å². The number of anilines is 1. The maximum atomic E-state index is 14.1. The predicted molar refractivity (Wildman–Crippen MR) is 160 cm³/mol. The summed E-state index contributed by atoms with van der Waals surface area (Å²) in [4.78, 5) is 28.6. The molecule has 10 heteroatoms. The fourth-order valence-corrected chi connectivity index (χ4v) is 5.67. The van der Waals surface area contributed by atoms with Crippen LogP contribution in [0.25, 0.3) is 0 Å². The molecule has 0 aliphatic rings. The van der Waals surface area contributed by atoms with Crippen molar-refractivity contribution >= 4 is 27.5 Å². The third-order valence-corrected chi connectivity index (χ3v) is 8.18. The number of rotatable bonds is 13. The van der Waals surface area contributed by atoms with E-state index in [2.05, 4.69) is 5.32 Å². The summed E-state index contributed by atoms with van der Waals surface area (Å²) in [5.41, 5.74) is 1.85. The zero-order valence-electron chi connectivity index (χ0n) is 24.5. The first-order valence-corrected chi connectivity index (χ1v) is 15.0. The standard InChI is InChI=1S/C31H39N3O6S/c1-7-40-29-14-9-8-13-28(29)34(41(37,38)27-17-15-23(4)16-18-27)21-30(35)33(24(5)31(36)32-22(2)3)20-25-11-10-12-26(19-25)39-6/h8-19,22,24H,7,20-21H2,1-6H3,(H,32,36). The second kappa shape index (κ2) is 14.0. The Morgan fingerprint density at radius 1 is 0.951 bits per heavy atom. The molecule has 0 bridgehead atoms. The number of carbonyl (C=O) groups excluding carboxylic acids is 2. The number of benzene rings is 3. The summed E-state index contributed by atoms with van der Waals surface area (Å²) in [7, 11) is -2.66. The van der Waals surface area contributed by atoms with E-state index >= 15 is 0 Å². The largest absolute Gasteiger partial charge is 0.497 e. The van der Waals surface area contributed by atoms with Gasteiger partial charge in [0.2, 0.25) is 11.8 Å². The summed E-state index contributed by atoms with van der Waals surface area (Å²) in [6.45, 7) is 8.77. The molecule has 220 valence electrons. The molecule has 0 aromatic heterocycles. The van der Waals surface area contributed by atoms with Crippen LogP contribution in [0.4, 0.5) is 5.69 Å². The first kappa shape index (κ1) is 31.5. The molecular weight excluding hydrogens is 542 g/mol. The highest BCUT2D eigenvalue weighted by Gasteiger charge is 2.34. The number of methoxy groups -OCH3 is 1. The number of hydrogen-bond acceptors (Lipinski definition) is 6. The second-order valence-corrected chi connectivity index (χ2v) is 11.8. The summed E-state index contributed by atoms with van der Waals surface area (Å²) in [6.07, 6.45) is 0. The Morgan fingerprint density at radius 2 is 1.63 bits per heavy atom. The number of nitrogens with zero attached hydrogens (tertiary/aromatic N) is 2. The second-order valence-electron chi connectivity index (χ2n) is 9.94. The highest BCUT2D eigenvalue weighted by molar-refractivity contribution is 7.92. The number of amides is 2. The van der Waals surface area contributed by atoms with E-state index in [1.807, 2.05) is 26.8 Å². The van der Waals surface area contributed by atoms with Crippen molar-refractivity contribution in [1.29, 1.82) is 0 Å². The van der Waals surface area contributed by atoms with Crippen LogP contribution in [0.3, 0.4) is 0 Å². The Bertz CT molecular complexity index is 1440. The molecule has 0 saturated carbocycles. The highest BCUT2D eigenvalue weighted by atomic mass is 32.2. The molecule has 2 amide bonds. The van der Waals surface area contributed by atoms with Gasteiger partial charge in [0, 0.05) is 12.6 Å². The lowest BCUT2D eigenvalue weighted by Gasteiger charge is -2.32. The zero-order valence-corrected chi connectivity index (χ0v) is 25.3. The van der Waals surface area contributed by atoms with Crippen LogP contribution in [0.5, 0.6) is 11.5 Å². The van der Waals surface area contributed by atoms with E-state index in [-0.39, 0.29) is 29.1 Å². The van der Waals surface area contributed by atoms with Gasteiger partial charge in [0.15, 0.2) is 0 Å². The minimum atomic E-state index is -4.20. The molecule has 1 atom stereocenters. The van der Waals surface area contributed by atoms with Crippen LogP contribution >= 0.6 is 0 Å². The van der Waals surface area contributed by atoms with Crippen LogP contribution in [0.2, 0.25) is 0 Å². The Hall–Kier alpha value is -4.05. The summed E-state index contributed by atoms with van der Waals surface area (Å²) >= 11 is 0. The van der Waals surface area contributed by atoms with Gasteiger partial charge < -0.3 is 19.7 Å². The Labute approximate surface area is 243 Å². The van der Waals surface area contributed by atoms with Crippen molar-refractivity contribution in [2.24, 2.45) is 0 Å². The van der Waals surface area contributed by atoms with E-state index in [1.165, 1.54) is 17.0 Å². The number of ether oxygens (including phenoxy) is 2. The SMILES string of the molecule is CCOc1ccccc1N(CC(=O)N(Cc1cccc(OC)c1)C(C)C(=O)NC(C)C)S(=O)(=O)c1ccc(C)cc1. The van der Waals surface area contributed by atoms with E-state index in [1.54, 1.807) is 75.6 Å². The molecule has 3 aromatic carbocycles. The molecule has 0 radical (unpaired) electrons. The van der Waals surface area contributed by atoms with Crippen molar-refractivity contribution in [2.45, 2.75) is 58.1 Å². The third kappa shape index (κ3) is 8.00. The Balaban J connectivity index is 2.09. The lowest BCUT2D eigenvalue weighted by atomic mass is 10.1. The van der Waals surface area contributed by atoms with Gasteiger partial charge in [-0.1, -0.05) is 42.0 Å². The fraction of sp³-hybridized carbons (Fsp3) is 0.355. The lowest BCUT2D eigenvalue weighted by molar-refractivity contribution is -0.139. The molecule has 0 saturated heterocycles. The summed E-state index contributed by atoms with van der Waals surface area (Å²) in [6, 6.07) is 19.3. The van der Waals surface area contributed by atoms with Crippen molar-refractivity contribution in [1.82, 2.24) is 10.2 Å². The quantitative estimate of drug-likeness (QED) is 0.318. The zero-order chi connectivity index (χ0) is 30.2. The first-order chi connectivity index (χ1) is 19.5. The average molecular weight is 582 g/mol. The number of sulfonamides is 1. The van der Waals surface area contributed by atoms with E-state index in [0.717, 1.165) is 15.4 Å². The maximum Gasteiger partial charge on any atom is 0.264 e. The smallest absolute Gasteiger partial charge is 0.264 e. The first-order valence-electron chi connectivity index (χ1n) is 13.5. The molecule has 0 aliphatic heterocycles. The van der Waals surface area contributed by atoms with Crippen molar-refractivity contribution in [3.63, 3.8) is 0 Å². The molecule has 1 N–H and O–H groups in total. The highest BCUT2D eigenvalue weighted by Crippen LogP contribution is 2.33. The van der Waals surface area contributed by atoms with E-state index in [0.29, 0.717) is 18.1 Å².